The molecule has 41 heteroatoms. The summed E-state index contributed by atoms with van der Waals surface area (Å²) in [5.41, 5.74) is 1.23. The molecule has 22 N–H and O–H groups in total. The number of amides is 10. The highest BCUT2D eigenvalue weighted by molar-refractivity contribution is 5.79. The van der Waals surface area contributed by atoms with Crippen molar-refractivity contribution in [2.24, 2.45) is 5.90 Å². The van der Waals surface area contributed by atoms with Crippen LogP contribution in [-0.2, 0) is 95.5 Å². The monoisotopic (exact) mass is 1610 g/mol. The highest BCUT2D eigenvalue weighted by Gasteiger charge is 2.48. The molecule has 0 aliphatic carbocycles. The number of hydrogen-bond acceptors (Lipinski definition) is 31. The fraction of sp³-hybridized carbons (Fsp3) is 0.859. The number of aliphatic hydroxyl groups is 9. The van der Waals surface area contributed by atoms with Gasteiger partial charge in [0, 0.05) is 118 Å². The molecule has 0 radical (unpaired) electrons. The predicted octanol–water partition coefficient (Wildman–Crippen LogP) is -6.16. The topological polar surface area (TPSA) is 603 Å². The molecule has 3 fully saturated rings. The first-order valence-corrected chi connectivity index (χ1v) is 39.0. The first-order chi connectivity index (χ1) is 53.8. The van der Waals surface area contributed by atoms with Gasteiger partial charge in [-0.2, -0.15) is 5.48 Å². The van der Waals surface area contributed by atoms with Crippen LogP contribution >= 0.6 is 0 Å². The Balaban J connectivity index is 1.58. The molecule has 15 atom stereocenters. The number of unbranched alkanes of at least 4 members (excludes halogenated alkanes) is 11. The van der Waals surface area contributed by atoms with E-state index in [2.05, 4.69) is 63.5 Å². The second-order valence-electron chi connectivity index (χ2n) is 28.0. The first kappa shape index (κ1) is 100. The highest BCUT2D eigenvalue weighted by atomic mass is 16.8. The number of ether oxygens (including phenoxy) is 8. The van der Waals surface area contributed by atoms with Gasteiger partial charge in [0.25, 0.3) is 0 Å². The summed E-state index contributed by atoms with van der Waals surface area (Å²) < 4.78 is 46.4. The van der Waals surface area contributed by atoms with Crippen molar-refractivity contribution < 1.29 is 141 Å². The SMILES string of the molecule is CC(=O)NC1C(O)[C@@H](O)C(CO)O[C@H]1OCCCCC(=O)NCCCNC(=O)CCOCC(COCCC(=O)NCCCNO[C@@H]1OC(CO)[C@H](O)C(O)C1NC(C)=O)(COCCC(=O)NCCCNC(=O)CCCCO[C@@H]1OC(CO)[C@H](O)C(O)C1NC(C)=O)NC(=O)CCCCCCCCCCCCNC(=O)CON. The van der Waals surface area contributed by atoms with E-state index in [9.17, 15) is 93.9 Å². The molecule has 41 nitrogen and oxygen atoms in total. The molecule has 0 aromatic rings. The van der Waals surface area contributed by atoms with Crippen LogP contribution < -0.4 is 64.5 Å². The van der Waals surface area contributed by atoms with Crippen LogP contribution in [0.25, 0.3) is 0 Å². The second-order valence-corrected chi connectivity index (χ2v) is 28.0. The molecule has 3 saturated heterocycles. The molecule has 112 heavy (non-hydrogen) atoms. The lowest BCUT2D eigenvalue weighted by atomic mass is 9.97. The minimum Gasteiger partial charge on any atom is -0.394 e. The average Bonchev–Trinajstić information content (AvgIpc) is 0.817. The van der Waals surface area contributed by atoms with Crippen LogP contribution in [0.5, 0.6) is 0 Å². The summed E-state index contributed by atoms with van der Waals surface area (Å²) in [5.74, 6) is 1.17. The normalized spacial score (nSPS) is 24.2. The smallest absolute Gasteiger partial charge is 0.248 e. The number of aliphatic hydroxyl groups excluding tert-OH is 9. The van der Waals surface area contributed by atoms with E-state index < -0.39 is 141 Å². The van der Waals surface area contributed by atoms with Crippen LogP contribution in [0.3, 0.4) is 0 Å². The molecule has 0 aromatic carbocycles. The summed E-state index contributed by atoms with van der Waals surface area (Å²) in [4.78, 5) is 135. The fourth-order valence-corrected chi connectivity index (χ4v) is 12.1. The van der Waals surface area contributed by atoms with Crippen molar-refractivity contribution in [2.45, 2.75) is 266 Å². The van der Waals surface area contributed by atoms with Gasteiger partial charge in [0.2, 0.25) is 65.4 Å². The van der Waals surface area contributed by atoms with Gasteiger partial charge in [0.15, 0.2) is 12.6 Å². The number of carbonyl (C=O) groups is 10. The van der Waals surface area contributed by atoms with Crippen LogP contribution in [0.2, 0.25) is 0 Å². The summed E-state index contributed by atoms with van der Waals surface area (Å²) >= 11 is 0. The van der Waals surface area contributed by atoms with Gasteiger partial charge in [0.1, 0.15) is 85.2 Å². The third kappa shape index (κ3) is 42.5. The van der Waals surface area contributed by atoms with Gasteiger partial charge in [-0.1, -0.05) is 51.4 Å². The zero-order valence-corrected chi connectivity index (χ0v) is 65.1. The summed E-state index contributed by atoms with van der Waals surface area (Å²) in [7, 11) is 0. The Labute approximate surface area is 653 Å². The Bertz CT molecular complexity index is 2590. The molecule has 10 amide bonds. The lowest BCUT2D eigenvalue weighted by Gasteiger charge is -2.42. The minimum atomic E-state index is -1.52. The Morgan fingerprint density at radius 3 is 1.02 bits per heavy atom. The lowest BCUT2D eigenvalue weighted by Crippen LogP contribution is -2.65. The third-order valence-corrected chi connectivity index (χ3v) is 18.2. The van der Waals surface area contributed by atoms with E-state index in [1.54, 1.807) is 0 Å². The molecule has 3 aliphatic rings. The molecule has 0 aromatic heterocycles. The van der Waals surface area contributed by atoms with Crippen LogP contribution in [0, 0.1) is 0 Å². The molecule has 3 heterocycles. The maximum absolute atomic E-state index is 14.0. The van der Waals surface area contributed by atoms with E-state index in [1.165, 1.54) is 20.8 Å². The lowest BCUT2D eigenvalue weighted by molar-refractivity contribution is -0.286. The van der Waals surface area contributed by atoms with Crippen molar-refractivity contribution in [1.82, 2.24) is 58.6 Å². The van der Waals surface area contributed by atoms with Crippen LogP contribution in [0.1, 0.15) is 168 Å². The molecule has 0 saturated carbocycles. The molecule has 3 aliphatic heterocycles. The Morgan fingerprint density at radius 2 is 0.652 bits per heavy atom. The summed E-state index contributed by atoms with van der Waals surface area (Å²) in [5, 5.41) is 118. The van der Waals surface area contributed by atoms with Crippen LogP contribution in [0.15, 0.2) is 0 Å². The van der Waals surface area contributed by atoms with Crippen LogP contribution in [0.4, 0.5) is 0 Å². The largest absolute Gasteiger partial charge is 0.394 e. The van der Waals surface area contributed by atoms with Crippen molar-refractivity contribution in [3.05, 3.63) is 0 Å². The minimum absolute atomic E-state index is 0.0776. The quantitative estimate of drug-likeness (QED) is 0.0199. The zero-order valence-electron chi connectivity index (χ0n) is 65.1. The maximum atomic E-state index is 14.0. The van der Waals surface area contributed by atoms with Gasteiger partial charge in [0.05, 0.1) is 59.5 Å². The van der Waals surface area contributed by atoms with E-state index in [1.807, 2.05) is 0 Å². The van der Waals surface area contributed by atoms with Crippen molar-refractivity contribution in [3.63, 3.8) is 0 Å². The van der Waals surface area contributed by atoms with Crippen molar-refractivity contribution >= 4 is 59.1 Å². The number of nitrogens with two attached hydrogens (primary N) is 1. The third-order valence-electron chi connectivity index (χ3n) is 18.2. The Morgan fingerprint density at radius 1 is 0.348 bits per heavy atom. The molecule has 0 bridgehead atoms. The van der Waals surface area contributed by atoms with Crippen molar-refractivity contribution in [3.8, 4) is 0 Å². The molecule has 0 spiro atoms. The van der Waals surface area contributed by atoms with Gasteiger partial charge < -0.3 is 137 Å². The van der Waals surface area contributed by atoms with Gasteiger partial charge in [-0.25, -0.2) is 5.90 Å². The van der Waals surface area contributed by atoms with Gasteiger partial charge in [-0.3, -0.25) is 57.6 Å². The molecule has 3 rings (SSSR count). The summed E-state index contributed by atoms with van der Waals surface area (Å²) in [6, 6.07) is -3.36. The van der Waals surface area contributed by atoms with Gasteiger partial charge in [-0.15, -0.1) is 0 Å². The van der Waals surface area contributed by atoms with E-state index in [-0.39, 0.29) is 173 Å². The van der Waals surface area contributed by atoms with E-state index in [4.69, 9.17) is 48.6 Å². The van der Waals surface area contributed by atoms with E-state index in [0.29, 0.717) is 57.9 Å². The molecule has 9 unspecified atom stereocenters. The maximum Gasteiger partial charge on any atom is 0.248 e. The Hall–Kier alpha value is -6.14. The van der Waals surface area contributed by atoms with Gasteiger partial charge in [-0.05, 0) is 57.8 Å². The first-order valence-electron chi connectivity index (χ1n) is 39.0. The molecular weight excluding hydrogens is 1480 g/mol. The summed E-state index contributed by atoms with van der Waals surface area (Å²) in [6.07, 6.45) is -4.01. The van der Waals surface area contributed by atoms with Crippen LogP contribution in [-0.4, -0.2) is 328 Å². The van der Waals surface area contributed by atoms with E-state index >= 15 is 0 Å². The number of carbonyl (C=O) groups excluding carboxylic acids is 10. The number of hydroxylamine groups is 1. The highest BCUT2D eigenvalue weighted by Crippen LogP contribution is 2.26. The van der Waals surface area contributed by atoms with E-state index in [0.717, 1.165) is 57.8 Å². The van der Waals surface area contributed by atoms with Crippen molar-refractivity contribution in [1.29, 1.82) is 0 Å². The number of hydrogen-bond donors (Lipinski definition) is 21. The van der Waals surface area contributed by atoms with Crippen molar-refractivity contribution in [2.75, 3.05) is 125 Å². The zero-order chi connectivity index (χ0) is 82.5. The standard InChI is InChI=1S/C71H130N12O29/c1-46(87)80-59-65(100)62(97)49(39-84)109-68(59)106-34-16-13-21-52(90)73-28-18-30-75-54(92)24-36-103-43-71(83-57(95)23-12-10-8-6-4-5-7-9-11-15-27-78-58(96)42-108-72,45-105-38-26-56(94)77-32-20-33-79-112-70-61(82-48(3)89)67(102)64(99)51(41-86)111-70)44-104-37-25-55(93)76-31-19-29-74-53(91)22-14-17-35-107-69-60(81-47(2)88)66(101)63(98)50(40-85)110-69/h49-51,59-70,79,84-86,97-102H,4-45,72H2,1-3H3,(H,73,90)(H,74,91)(H,75,92)(H,76,93)(H,77,94)(H,78,96)(H,80,87)(H,81,88)(H,82,89)(H,83,95)/t49?,50?,51?,59?,60?,61?,62-,63-,64-,65?,66?,67?,68+,69+,70-,71?/m0/s1. The number of nitrogens with one attached hydrogen (secondary N) is 11. The second kappa shape index (κ2) is 59.5. The predicted molar refractivity (Wildman–Crippen MR) is 395 cm³/mol. The average molecular weight is 1620 g/mol. The molecular formula is C71H130N12O29. The molecule has 648 valence electrons. The van der Waals surface area contributed by atoms with Gasteiger partial charge >= 0.3 is 0 Å². The number of rotatable bonds is 63. The Kier molecular flexibility index (Phi) is 53.2. The summed E-state index contributed by atoms with van der Waals surface area (Å²) in [6.45, 7) is 2.47. The fourth-order valence-electron chi connectivity index (χ4n) is 12.1.